The van der Waals surface area contributed by atoms with Gasteiger partial charge in [-0.1, -0.05) is 6.07 Å². The molecule has 1 atom stereocenters. The summed E-state index contributed by atoms with van der Waals surface area (Å²) in [7, 11) is 0. The molecule has 1 aromatic carbocycles. The van der Waals surface area contributed by atoms with E-state index < -0.39 is 16.9 Å². The van der Waals surface area contributed by atoms with Crippen LogP contribution in [0.2, 0.25) is 0 Å². The molecule has 0 aliphatic carbocycles. The molecule has 0 saturated heterocycles. The van der Waals surface area contributed by atoms with Crippen molar-refractivity contribution in [1.82, 2.24) is 5.32 Å². The molecule has 0 aliphatic rings. The SMILES string of the molecule is CC(Oc1ccc(CNC(C)(C)C)cc1[N+](=O)[O-])C(N)=O. The topological polar surface area (TPSA) is 107 Å². The number of ether oxygens (including phenoxy) is 1. The van der Waals surface area contributed by atoms with Crippen molar-refractivity contribution >= 4 is 11.6 Å². The van der Waals surface area contributed by atoms with Crippen molar-refractivity contribution < 1.29 is 14.5 Å². The van der Waals surface area contributed by atoms with E-state index in [4.69, 9.17) is 10.5 Å². The van der Waals surface area contributed by atoms with E-state index in [0.29, 0.717) is 6.54 Å². The molecule has 1 amide bonds. The van der Waals surface area contributed by atoms with Crippen LogP contribution in [0.1, 0.15) is 33.3 Å². The maximum atomic E-state index is 11.1. The lowest BCUT2D eigenvalue weighted by atomic mass is 10.1. The molecule has 0 spiro atoms. The van der Waals surface area contributed by atoms with Crippen molar-refractivity contribution in [2.75, 3.05) is 0 Å². The van der Waals surface area contributed by atoms with Crippen LogP contribution in [-0.2, 0) is 11.3 Å². The number of benzene rings is 1. The molecule has 0 saturated carbocycles. The van der Waals surface area contributed by atoms with Gasteiger partial charge in [0, 0.05) is 18.2 Å². The van der Waals surface area contributed by atoms with Crippen molar-refractivity contribution in [3.63, 3.8) is 0 Å². The van der Waals surface area contributed by atoms with Crippen molar-refractivity contribution in [3.8, 4) is 5.75 Å². The summed E-state index contributed by atoms with van der Waals surface area (Å²) in [6.45, 7) is 7.96. The third-order valence-electron chi connectivity index (χ3n) is 2.75. The number of primary amides is 1. The Bertz CT molecular complexity index is 538. The second-order valence-corrected chi connectivity index (χ2v) is 5.83. The van der Waals surface area contributed by atoms with Gasteiger partial charge in [0.1, 0.15) is 0 Å². The Labute approximate surface area is 123 Å². The summed E-state index contributed by atoms with van der Waals surface area (Å²) in [6, 6.07) is 4.63. The standard InChI is InChI=1S/C14H21N3O4/c1-9(13(15)18)21-12-6-5-10(7-11(12)17(19)20)8-16-14(2,3)4/h5-7,9,16H,8H2,1-4H3,(H2,15,18). The van der Waals surface area contributed by atoms with Gasteiger partial charge in [0.25, 0.3) is 5.91 Å². The summed E-state index contributed by atoms with van der Waals surface area (Å²) >= 11 is 0. The highest BCUT2D eigenvalue weighted by atomic mass is 16.6. The van der Waals surface area contributed by atoms with Gasteiger partial charge < -0.3 is 15.8 Å². The quantitative estimate of drug-likeness (QED) is 0.614. The highest BCUT2D eigenvalue weighted by Crippen LogP contribution is 2.29. The van der Waals surface area contributed by atoms with Gasteiger partial charge in [-0.25, -0.2) is 0 Å². The number of nitrogens with zero attached hydrogens (tertiary/aromatic N) is 1. The number of nitrogens with one attached hydrogen (secondary N) is 1. The first-order chi connectivity index (χ1) is 9.60. The smallest absolute Gasteiger partial charge is 0.311 e. The Kier molecular flexibility index (Phi) is 5.26. The molecule has 116 valence electrons. The lowest BCUT2D eigenvalue weighted by Gasteiger charge is -2.20. The summed E-state index contributed by atoms with van der Waals surface area (Å²) in [5.74, 6) is -0.645. The molecule has 3 N–H and O–H groups in total. The van der Waals surface area contributed by atoms with Crippen LogP contribution >= 0.6 is 0 Å². The van der Waals surface area contributed by atoms with Crippen LogP contribution in [0.4, 0.5) is 5.69 Å². The molecule has 0 aromatic heterocycles. The van der Waals surface area contributed by atoms with Crippen molar-refractivity contribution in [2.24, 2.45) is 5.73 Å². The molecule has 7 nitrogen and oxygen atoms in total. The molecular formula is C14H21N3O4. The van der Waals surface area contributed by atoms with E-state index in [1.165, 1.54) is 19.1 Å². The van der Waals surface area contributed by atoms with E-state index in [1.54, 1.807) is 6.07 Å². The Morgan fingerprint density at radius 3 is 2.57 bits per heavy atom. The molecule has 0 heterocycles. The molecule has 7 heteroatoms. The Hall–Kier alpha value is -2.15. The van der Waals surface area contributed by atoms with Gasteiger partial charge in [-0.2, -0.15) is 0 Å². The molecule has 0 aliphatic heterocycles. The van der Waals surface area contributed by atoms with E-state index >= 15 is 0 Å². The van der Waals surface area contributed by atoms with Crippen LogP contribution in [-0.4, -0.2) is 22.5 Å². The lowest BCUT2D eigenvalue weighted by Crippen LogP contribution is -2.35. The Balaban J connectivity index is 2.97. The van der Waals surface area contributed by atoms with Gasteiger partial charge >= 0.3 is 5.69 Å². The Morgan fingerprint density at radius 2 is 2.10 bits per heavy atom. The predicted octanol–water partition coefficient (Wildman–Crippen LogP) is 1.74. The summed E-state index contributed by atoms with van der Waals surface area (Å²) in [4.78, 5) is 21.6. The van der Waals surface area contributed by atoms with Gasteiger partial charge in [0.2, 0.25) is 0 Å². The number of rotatable bonds is 6. The van der Waals surface area contributed by atoms with Crippen molar-refractivity contribution in [3.05, 3.63) is 33.9 Å². The lowest BCUT2D eigenvalue weighted by molar-refractivity contribution is -0.386. The fourth-order valence-corrected chi connectivity index (χ4v) is 1.53. The number of nitro benzene ring substituents is 1. The van der Waals surface area contributed by atoms with Crippen molar-refractivity contribution in [2.45, 2.75) is 45.9 Å². The van der Waals surface area contributed by atoms with E-state index in [9.17, 15) is 14.9 Å². The average molecular weight is 295 g/mol. The number of carbonyl (C=O) groups excluding carboxylic acids is 1. The Morgan fingerprint density at radius 1 is 1.48 bits per heavy atom. The fourth-order valence-electron chi connectivity index (χ4n) is 1.53. The first-order valence-corrected chi connectivity index (χ1v) is 6.58. The molecule has 0 fully saturated rings. The number of nitro groups is 1. The minimum absolute atomic E-state index is 0.0332. The molecule has 21 heavy (non-hydrogen) atoms. The molecule has 1 rings (SSSR count). The number of hydrogen-bond donors (Lipinski definition) is 2. The maximum Gasteiger partial charge on any atom is 0.311 e. The van der Waals surface area contributed by atoms with E-state index in [-0.39, 0.29) is 17.0 Å². The molecule has 1 aromatic rings. The highest BCUT2D eigenvalue weighted by molar-refractivity contribution is 5.78. The maximum absolute atomic E-state index is 11.1. The number of carbonyl (C=O) groups is 1. The average Bonchev–Trinajstić information content (AvgIpc) is 2.36. The third-order valence-corrected chi connectivity index (χ3v) is 2.75. The summed E-state index contributed by atoms with van der Waals surface area (Å²) in [5, 5.41) is 14.4. The molecule has 1 unspecified atom stereocenters. The van der Waals surface area contributed by atoms with E-state index in [0.717, 1.165) is 5.56 Å². The highest BCUT2D eigenvalue weighted by Gasteiger charge is 2.20. The largest absolute Gasteiger partial charge is 0.474 e. The summed E-state index contributed by atoms with van der Waals surface area (Å²) in [5.41, 5.74) is 5.57. The minimum Gasteiger partial charge on any atom is -0.474 e. The van der Waals surface area contributed by atoms with Crippen molar-refractivity contribution in [1.29, 1.82) is 0 Å². The van der Waals surface area contributed by atoms with E-state index in [2.05, 4.69) is 5.32 Å². The van der Waals surface area contributed by atoms with Gasteiger partial charge in [0.05, 0.1) is 4.92 Å². The van der Waals surface area contributed by atoms with Crippen LogP contribution < -0.4 is 15.8 Å². The van der Waals surface area contributed by atoms with Crippen LogP contribution in [0.15, 0.2) is 18.2 Å². The van der Waals surface area contributed by atoms with Crippen LogP contribution in [0.25, 0.3) is 0 Å². The van der Waals surface area contributed by atoms with Gasteiger partial charge in [-0.05, 0) is 39.3 Å². The number of nitrogens with two attached hydrogens (primary N) is 1. The normalized spacial score (nSPS) is 12.8. The van der Waals surface area contributed by atoms with Crippen LogP contribution in [0.3, 0.4) is 0 Å². The number of amides is 1. The molecular weight excluding hydrogens is 274 g/mol. The number of hydrogen-bond acceptors (Lipinski definition) is 5. The second kappa shape index (κ2) is 6.53. The van der Waals surface area contributed by atoms with Gasteiger partial charge in [-0.3, -0.25) is 14.9 Å². The minimum atomic E-state index is -0.928. The zero-order valence-corrected chi connectivity index (χ0v) is 12.7. The molecule has 0 radical (unpaired) electrons. The fraction of sp³-hybridized carbons (Fsp3) is 0.500. The van der Waals surface area contributed by atoms with Gasteiger partial charge in [-0.15, -0.1) is 0 Å². The van der Waals surface area contributed by atoms with Crippen LogP contribution in [0.5, 0.6) is 5.75 Å². The van der Waals surface area contributed by atoms with Gasteiger partial charge in [0.15, 0.2) is 11.9 Å². The molecule has 0 bridgehead atoms. The first kappa shape index (κ1) is 16.9. The monoisotopic (exact) mass is 295 g/mol. The van der Waals surface area contributed by atoms with Crippen LogP contribution in [0, 0.1) is 10.1 Å². The zero-order chi connectivity index (χ0) is 16.2. The summed E-state index contributed by atoms with van der Waals surface area (Å²) < 4.78 is 5.23. The van der Waals surface area contributed by atoms with E-state index in [1.807, 2.05) is 20.8 Å². The second-order valence-electron chi connectivity index (χ2n) is 5.83. The predicted molar refractivity (Wildman–Crippen MR) is 79.0 cm³/mol. The third kappa shape index (κ3) is 5.39. The summed E-state index contributed by atoms with van der Waals surface area (Å²) in [6.07, 6.45) is -0.928. The first-order valence-electron chi connectivity index (χ1n) is 6.58. The zero-order valence-electron chi connectivity index (χ0n) is 12.7.